The lowest BCUT2D eigenvalue weighted by Crippen LogP contribution is -2.36. The molecule has 1 fully saturated rings. The fourth-order valence-corrected chi connectivity index (χ4v) is 3.72. The molecule has 0 radical (unpaired) electrons. The Morgan fingerprint density at radius 1 is 1.24 bits per heavy atom. The number of benzene rings is 2. The highest BCUT2D eigenvalue weighted by atomic mass is 35.5. The molecular formula is C18H17Cl2N3OS. The van der Waals surface area contributed by atoms with Gasteiger partial charge in [-0.1, -0.05) is 72.2 Å². The van der Waals surface area contributed by atoms with Crippen LogP contribution in [0, 0.1) is 0 Å². The second-order valence-electron chi connectivity index (χ2n) is 5.68. The topological polar surface area (TPSA) is 44.7 Å². The lowest BCUT2D eigenvalue weighted by Gasteiger charge is -2.17. The molecule has 130 valence electrons. The fourth-order valence-electron chi connectivity index (χ4n) is 2.42. The van der Waals surface area contributed by atoms with Gasteiger partial charge in [0, 0.05) is 17.5 Å². The minimum Gasteiger partial charge on any atom is -0.307 e. The number of anilines is 1. The van der Waals surface area contributed by atoms with Crippen LogP contribution in [0.15, 0.2) is 53.5 Å². The Morgan fingerprint density at radius 2 is 2.00 bits per heavy atom. The van der Waals surface area contributed by atoms with Crippen molar-refractivity contribution < 1.29 is 4.79 Å². The molecule has 1 heterocycles. The number of nitrogens with zero attached hydrogens (tertiary/aromatic N) is 2. The van der Waals surface area contributed by atoms with Crippen LogP contribution >= 0.6 is 35.0 Å². The van der Waals surface area contributed by atoms with Crippen molar-refractivity contribution in [1.82, 2.24) is 4.90 Å². The van der Waals surface area contributed by atoms with Crippen LogP contribution in [0.3, 0.4) is 0 Å². The zero-order valence-corrected chi connectivity index (χ0v) is 15.9. The first-order valence-electron chi connectivity index (χ1n) is 7.81. The molecule has 2 aromatic rings. The van der Waals surface area contributed by atoms with Crippen molar-refractivity contribution in [2.45, 2.75) is 18.7 Å². The average Bonchev–Trinajstić information content (AvgIpc) is 2.98. The molecule has 0 spiro atoms. The van der Waals surface area contributed by atoms with E-state index in [2.05, 4.69) is 17.2 Å². The maximum absolute atomic E-state index is 12.6. The second-order valence-corrected chi connectivity index (χ2v) is 7.90. The lowest BCUT2D eigenvalue weighted by atomic mass is 10.2. The first-order valence-corrected chi connectivity index (χ1v) is 9.45. The molecule has 1 saturated heterocycles. The number of hydrogen-bond acceptors (Lipinski definition) is 3. The predicted octanol–water partition coefficient (Wildman–Crippen LogP) is 5.52. The van der Waals surface area contributed by atoms with Gasteiger partial charge in [-0.2, -0.15) is 0 Å². The third kappa shape index (κ3) is 4.69. The third-order valence-electron chi connectivity index (χ3n) is 3.63. The average molecular weight is 394 g/mol. The summed E-state index contributed by atoms with van der Waals surface area (Å²) in [5, 5.41) is 4.74. The van der Waals surface area contributed by atoms with E-state index in [0.29, 0.717) is 34.1 Å². The number of carbonyl (C=O) groups excluding carboxylic acids is 1. The molecule has 0 saturated carbocycles. The van der Waals surface area contributed by atoms with Gasteiger partial charge < -0.3 is 5.32 Å². The van der Waals surface area contributed by atoms with Gasteiger partial charge in [0.05, 0.1) is 16.6 Å². The van der Waals surface area contributed by atoms with Crippen molar-refractivity contribution in [3.05, 3.63) is 64.1 Å². The molecule has 3 rings (SSSR count). The van der Waals surface area contributed by atoms with Crippen molar-refractivity contribution >= 4 is 51.8 Å². The second kappa shape index (κ2) is 8.13. The maximum atomic E-state index is 12.6. The highest BCUT2D eigenvalue weighted by Gasteiger charge is 2.30. The fraction of sp³-hybridized carbons (Fsp3) is 0.222. The zero-order chi connectivity index (χ0) is 17.8. The predicted molar refractivity (Wildman–Crippen MR) is 107 cm³/mol. The van der Waals surface area contributed by atoms with Crippen LogP contribution in [0.5, 0.6) is 0 Å². The first-order chi connectivity index (χ1) is 12.0. The zero-order valence-electron chi connectivity index (χ0n) is 13.6. The van der Waals surface area contributed by atoms with Crippen LogP contribution in [0.1, 0.15) is 12.5 Å². The van der Waals surface area contributed by atoms with E-state index < -0.39 is 0 Å². The van der Waals surface area contributed by atoms with E-state index in [1.165, 1.54) is 0 Å². The smallest absolute Gasteiger partial charge is 0.307 e. The minimum absolute atomic E-state index is 0.220. The Hall–Kier alpha value is -1.69. The van der Waals surface area contributed by atoms with Crippen molar-refractivity contribution in [2.24, 2.45) is 4.99 Å². The van der Waals surface area contributed by atoms with Crippen molar-refractivity contribution in [3.8, 4) is 0 Å². The van der Waals surface area contributed by atoms with Crippen molar-refractivity contribution in [2.75, 3.05) is 11.9 Å². The van der Waals surface area contributed by atoms with E-state index in [1.54, 1.807) is 34.9 Å². The molecule has 0 aliphatic carbocycles. The van der Waals surface area contributed by atoms with Crippen LogP contribution < -0.4 is 5.32 Å². The highest BCUT2D eigenvalue weighted by Crippen LogP contribution is 2.28. The van der Waals surface area contributed by atoms with Crippen LogP contribution in [-0.4, -0.2) is 27.9 Å². The lowest BCUT2D eigenvalue weighted by molar-refractivity contribution is 0.235. The van der Waals surface area contributed by atoms with Gasteiger partial charge in [0.1, 0.15) is 0 Å². The standard InChI is InChI=1S/C18H17Cl2N3OS/c1-12-11-23(17(24)22-14-7-8-15(19)16(20)9-14)18(25-12)21-10-13-5-3-2-4-6-13/h2-9,12H,10-11H2,1H3,(H,22,24). The number of hydrogen-bond donors (Lipinski definition) is 1. The Morgan fingerprint density at radius 3 is 2.72 bits per heavy atom. The monoisotopic (exact) mass is 393 g/mol. The maximum Gasteiger partial charge on any atom is 0.327 e. The van der Waals surface area contributed by atoms with Crippen LogP contribution in [0.4, 0.5) is 10.5 Å². The summed E-state index contributed by atoms with van der Waals surface area (Å²) in [4.78, 5) is 18.9. The molecule has 25 heavy (non-hydrogen) atoms. The molecular weight excluding hydrogens is 377 g/mol. The number of thioether (sulfide) groups is 1. The molecule has 0 aromatic heterocycles. The van der Waals surface area contributed by atoms with Gasteiger partial charge in [-0.05, 0) is 23.8 Å². The Bertz CT molecular complexity index is 798. The van der Waals surface area contributed by atoms with Crippen LogP contribution in [0.2, 0.25) is 10.0 Å². The Kier molecular flexibility index (Phi) is 5.89. The largest absolute Gasteiger partial charge is 0.327 e. The van der Waals surface area contributed by atoms with Gasteiger partial charge in [0.25, 0.3) is 0 Å². The van der Waals surface area contributed by atoms with Gasteiger partial charge in [-0.15, -0.1) is 0 Å². The summed E-state index contributed by atoms with van der Waals surface area (Å²) >= 11 is 13.5. The molecule has 4 nitrogen and oxygen atoms in total. The van der Waals surface area contributed by atoms with Gasteiger partial charge in [0.15, 0.2) is 5.17 Å². The minimum atomic E-state index is -0.220. The summed E-state index contributed by atoms with van der Waals surface area (Å²) in [5.74, 6) is 0. The molecule has 1 aliphatic rings. The van der Waals surface area contributed by atoms with E-state index in [4.69, 9.17) is 23.2 Å². The van der Waals surface area contributed by atoms with Gasteiger partial charge >= 0.3 is 6.03 Å². The van der Waals surface area contributed by atoms with Gasteiger partial charge in [-0.25, -0.2) is 4.79 Å². The molecule has 2 amide bonds. The summed E-state index contributed by atoms with van der Waals surface area (Å²) in [7, 11) is 0. The molecule has 2 aromatic carbocycles. The molecule has 1 atom stereocenters. The summed E-state index contributed by atoms with van der Waals surface area (Å²) in [6.07, 6.45) is 0. The van der Waals surface area contributed by atoms with Crippen LogP contribution in [-0.2, 0) is 6.54 Å². The number of rotatable bonds is 3. The number of halogens is 2. The highest BCUT2D eigenvalue weighted by molar-refractivity contribution is 8.14. The van der Waals surface area contributed by atoms with Crippen molar-refractivity contribution in [3.63, 3.8) is 0 Å². The van der Waals surface area contributed by atoms with E-state index in [0.717, 1.165) is 10.7 Å². The molecule has 1 aliphatic heterocycles. The number of nitrogens with one attached hydrogen (secondary N) is 1. The number of urea groups is 1. The van der Waals surface area contributed by atoms with E-state index >= 15 is 0 Å². The van der Waals surface area contributed by atoms with Gasteiger partial charge in [-0.3, -0.25) is 9.89 Å². The van der Waals surface area contributed by atoms with Crippen molar-refractivity contribution in [1.29, 1.82) is 0 Å². The van der Waals surface area contributed by atoms with E-state index in [-0.39, 0.29) is 6.03 Å². The number of aliphatic imine (C=N–C) groups is 1. The van der Waals surface area contributed by atoms with Crippen LogP contribution in [0.25, 0.3) is 0 Å². The molecule has 1 N–H and O–H groups in total. The SMILES string of the molecule is CC1CN(C(=O)Nc2ccc(Cl)c(Cl)c2)C(=NCc2ccccc2)S1. The molecule has 7 heteroatoms. The van der Waals surface area contributed by atoms with E-state index in [9.17, 15) is 4.79 Å². The molecule has 0 bridgehead atoms. The summed E-state index contributed by atoms with van der Waals surface area (Å²) in [6, 6.07) is 14.8. The summed E-state index contributed by atoms with van der Waals surface area (Å²) < 4.78 is 0. The third-order valence-corrected chi connectivity index (χ3v) is 5.48. The Balaban J connectivity index is 1.72. The summed E-state index contributed by atoms with van der Waals surface area (Å²) in [6.45, 7) is 3.24. The quantitative estimate of drug-likeness (QED) is 0.745. The number of amides is 2. The summed E-state index contributed by atoms with van der Waals surface area (Å²) in [5.41, 5.74) is 1.71. The number of amidine groups is 1. The number of carbonyl (C=O) groups is 1. The Labute approximate surface area is 161 Å². The van der Waals surface area contributed by atoms with Gasteiger partial charge in [0.2, 0.25) is 0 Å². The van der Waals surface area contributed by atoms with E-state index in [1.807, 2.05) is 30.3 Å². The first kappa shape index (κ1) is 18.1. The normalized spacial score (nSPS) is 18.6. The molecule has 1 unspecified atom stereocenters.